The highest BCUT2D eigenvalue weighted by molar-refractivity contribution is 7.99. The van der Waals surface area contributed by atoms with Gasteiger partial charge in [0.1, 0.15) is 0 Å². The minimum atomic E-state index is -0.184. The van der Waals surface area contributed by atoms with E-state index >= 15 is 0 Å². The number of allylic oxidation sites excluding steroid dienone is 1. The van der Waals surface area contributed by atoms with E-state index < -0.39 is 0 Å². The Morgan fingerprint density at radius 2 is 1.90 bits per heavy atom. The lowest BCUT2D eigenvalue weighted by molar-refractivity contribution is -0.113. The number of anilines is 2. The average Bonchev–Trinajstić information content (AvgIpc) is 3.15. The summed E-state index contributed by atoms with van der Waals surface area (Å²) in [4.78, 5) is 26.0. The molecule has 0 radical (unpaired) electrons. The molecule has 0 atom stereocenters. The van der Waals surface area contributed by atoms with Gasteiger partial charge in [0.25, 0.3) is 0 Å². The maximum absolute atomic E-state index is 12.4. The smallest absolute Gasteiger partial charge is 0.234 e. The number of hydrogen-bond acceptors (Lipinski definition) is 6. The van der Waals surface area contributed by atoms with Crippen molar-refractivity contribution in [2.45, 2.75) is 18.6 Å². The molecule has 0 saturated heterocycles. The number of carbonyl (C=O) groups is 2. The molecule has 1 heterocycles. The van der Waals surface area contributed by atoms with Gasteiger partial charge in [0.2, 0.25) is 5.91 Å². The van der Waals surface area contributed by atoms with Gasteiger partial charge in [-0.15, -0.1) is 16.8 Å². The van der Waals surface area contributed by atoms with E-state index in [0.29, 0.717) is 23.0 Å². The van der Waals surface area contributed by atoms with Gasteiger partial charge in [-0.3, -0.25) is 14.2 Å². The Balaban J connectivity index is 1.71. The summed E-state index contributed by atoms with van der Waals surface area (Å²) in [6.07, 6.45) is 1.78. The quantitative estimate of drug-likeness (QED) is 0.309. The molecule has 160 valence electrons. The first kappa shape index (κ1) is 22.3. The molecule has 2 aromatic carbocycles. The zero-order valence-electron chi connectivity index (χ0n) is 17.8. The lowest BCUT2D eigenvalue weighted by Crippen LogP contribution is -2.15. The van der Waals surface area contributed by atoms with Gasteiger partial charge in [-0.05, 0) is 43.3 Å². The molecule has 0 unspecified atom stereocenters. The number of rotatable bonds is 9. The Bertz CT molecular complexity index is 1090. The van der Waals surface area contributed by atoms with Gasteiger partial charge in [0.05, 0.1) is 5.75 Å². The van der Waals surface area contributed by atoms with Crippen LogP contribution in [0.2, 0.25) is 0 Å². The van der Waals surface area contributed by atoms with Crippen LogP contribution in [0.5, 0.6) is 0 Å². The number of Topliss-reactive ketones (excluding diaryl/α,β-unsaturated/α-hetero) is 1. The van der Waals surface area contributed by atoms with Crippen LogP contribution in [0.3, 0.4) is 0 Å². The highest BCUT2D eigenvalue weighted by atomic mass is 32.2. The van der Waals surface area contributed by atoms with E-state index in [9.17, 15) is 9.59 Å². The van der Waals surface area contributed by atoms with Crippen LogP contribution < -0.4 is 10.2 Å². The molecular formula is C23H25N5O2S. The van der Waals surface area contributed by atoms with Crippen molar-refractivity contribution in [3.8, 4) is 11.4 Å². The summed E-state index contributed by atoms with van der Waals surface area (Å²) in [5.74, 6) is 0.659. The molecule has 3 rings (SSSR count). The van der Waals surface area contributed by atoms with E-state index in [2.05, 4.69) is 22.1 Å². The maximum atomic E-state index is 12.4. The Kier molecular flexibility index (Phi) is 7.25. The minimum absolute atomic E-state index is 0.0471. The van der Waals surface area contributed by atoms with Crippen molar-refractivity contribution in [1.82, 2.24) is 14.8 Å². The summed E-state index contributed by atoms with van der Waals surface area (Å²) in [6, 6.07) is 14.9. The molecule has 1 aromatic heterocycles. The van der Waals surface area contributed by atoms with Crippen LogP contribution in [0, 0.1) is 0 Å². The zero-order chi connectivity index (χ0) is 22.4. The van der Waals surface area contributed by atoms with E-state index in [1.165, 1.54) is 18.7 Å². The van der Waals surface area contributed by atoms with Crippen LogP contribution in [-0.4, -0.2) is 46.3 Å². The fourth-order valence-corrected chi connectivity index (χ4v) is 3.70. The normalized spacial score (nSPS) is 10.5. The van der Waals surface area contributed by atoms with Crippen molar-refractivity contribution in [1.29, 1.82) is 0 Å². The van der Waals surface area contributed by atoms with Crippen molar-refractivity contribution in [2.75, 3.05) is 30.1 Å². The van der Waals surface area contributed by atoms with E-state index in [1.54, 1.807) is 30.3 Å². The van der Waals surface area contributed by atoms with Crippen LogP contribution in [0.25, 0.3) is 11.4 Å². The molecule has 0 aliphatic heterocycles. The van der Waals surface area contributed by atoms with Crippen molar-refractivity contribution >= 4 is 34.8 Å². The summed E-state index contributed by atoms with van der Waals surface area (Å²) < 4.78 is 1.94. The van der Waals surface area contributed by atoms with Gasteiger partial charge in [-0.1, -0.05) is 30.0 Å². The molecule has 31 heavy (non-hydrogen) atoms. The first-order valence-corrected chi connectivity index (χ1v) is 10.7. The number of amides is 1. The highest BCUT2D eigenvalue weighted by Gasteiger charge is 2.15. The maximum Gasteiger partial charge on any atom is 0.234 e. The Hall–Kier alpha value is -3.39. The van der Waals surface area contributed by atoms with Gasteiger partial charge >= 0.3 is 0 Å². The number of ketones is 1. The van der Waals surface area contributed by atoms with Crippen LogP contribution in [0.4, 0.5) is 11.4 Å². The van der Waals surface area contributed by atoms with E-state index in [0.717, 1.165) is 17.1 Å². The Morgan fingerprint density at radius 1 is 1.16 bits per heavy atom. The Labute approximate surface area is 186 Å². The summed E-state index contributed by atoms with van der Waals surface area (Å²) in [7, 11) is 3.98. The average molecular weight is 436 g/mol. The number of aromatic nitrogens is 3. The van der Waals surface area contributed by atoms with Crippen molar-refractivity contribution in [3.05, 3.63) is 66.7 Å². The first-order chi connectivity index (χ1) is 14.9. The van der Waals surface area contributed by atoms with E-state index in [-0.39, 0.29) is 17.4 Å². The van der Waals surface area contributed by atoms with Gasteiger partial charge < -0.3 is 10.2 Å². The fraction of sp³-hybridized carbons (Fsp3) is 0.217. The van der Waals surface area contributed by atoms with E-state index in [1.807, 2.05) is 47.8 Å². The summed E-state index contributed by atoms with van der Waals surface area (Å²) in [5.41, 5.74) is 3.18. The fourth-order valence-electron chi connectivity index (χ4n) is 2.95. The van der Waals surface area contributed by atoms with Crippen LogP contribution in [0.15, 0.2) is 66.3 Å². The standard InChI is InChI=1S/C23H25N5O2S/c1-5-13-28-22(17-9-11-20(12-10-17)27(3)4)25-26-23(28)31-15-21(30)24-19-8-6-7-18(14-19)16(2)29/h5-12,14H,1,13,15H2,2-4H3,(H,24,30). The van der Waals surface area contributed by atoms with Crippen molar-refractivity contribution in [3.63, 3.8) is 0 Å². The largest absolute Gasteiger partial charge is 0.378 e. The molecule has 1 N–H and O–H groups in total. The second-order valence-electron chi connectivity index (χ2n) is 7.12. The third-order valence-corrected chi connectivity index (χ3v) is 5.52. The van der Waals surface area contributed by atoms with Crippen LogP contribution in [0.1, 0.15) is 17.3 Å². The number of nitrogens with one attached hydrogen (secondary N) is 1. The molecule has 8 heteroatoms. The molecule has 3 aromatic rings. The molecular weight excluding hydrogens is 410 g/mol. The predicted molar refractivity (Wildman–Crippen MR) is 126 cm³/mol. The Morgan fingerprint density at radius 3 is 2.55 bits per heavy atom. The number of carbonyl (C=O) groups excluding carboxylic acids is 2. The van der Waals surface area contributed by atoms with Crippen LogP contribution in [-0.2, 0) is 11.3 Å². The number of nitrogens with zero attached hydrogens (tertiary/aromatic N) is 4. The molecule has 1 amide bonds. The minimum Gasteiger partial charge on any atom is -0.378 e. The number of hydrogen-bond donors (Lipinski definition) is 1. The summed E-state index contributed by atoms with van der Waals surface area (Å²) in [6.45, 7) is 5.85. The van der Waals surface area contributed by atoms with Gasteiger partial charge in [-0.25, -0.2) is 0 Å². The molecule has 7 nitrogen and oxygen atoms in total. The SMILES string of the molecule is C=CCn1c(SCC(=O)Nc2cccc(C(C)=O)c2)nnc1-c1ccc(N(C)C)cc1. The second kappa shape index (κ2) is 10.1. The third-order valence-electron chi connectivity index (χ3n) is 4.56. The highest BCUT2D eigenvalue weighted by Crippen LogP contribution is 2.26. The summed E-state index contributed by atoms with van der Waals surface area (Å²) in [5, 5.41) is 12.1. The first-order valence-electron chi connectivity index (χ1n) is 9.74. The number of benzene rings is 2. The molecule has 0 bridgehead atoms. The molecule has 0 fully saturated rings. The zero-order valence-corrected chi connectivity index (χ0v) is 18.6. The second-order valence-corrected chi connectivity index (χ2v) is 8.06. The third kappa shape index (κ3) is 5.61. The van der Waals surface area contributed by atoms with Gasteiger partial charge in [0.15, 0.2) is 16.8 Å². The monoisotopic (exact) mass is 435 g/mol. The van der Waals surface area contributed by atoms with Crippen molar-refractivity contribution in [2.24, 2.45) is 0 Å². The molecule has 0 aliphatic carbocycles. The number of thioether (sulfide) groups is 1. The van der Waals surface area contributed by atoms with Crippen molar-refractivity contribution < 1.29 is 9.59 Å². The molecule has 0 aliphatic rings. The van der Waals surface area contributed by atoms with Gasteiger partial charge in [0, 0.05) is 43.1 Å². The van der Waals surface area contributed by atoms with Gasteiger partial charge in [-0.2, -0.15) is 0 Å². The topological polar surface area (TPSA) is 80.1 Å². The van der Waals surface area contributed by atoms with E-state index in [4.69, 9.17) is 0 Å². The molecule has 0 saturated carbocycles. The van der Waals surface area contributed by atoms with Crippen LogP contribution >= 0.6 is 11.8 Å². The lowest BCUT2D eigenvalue weighted by atomic mass is 10.1. The predicted octanol–water partition coefficient (Wildman–Crippen LogP) is 4.13. The lowest BCUT2D eigenvalue weighted by Gasteiger charge is -2.13. The molecule has 0 spiro atoms. The summed E-state index contributed by atoms with van der Waals surface area (Å²) >= 11 is 1.30.